The zero-order valence-electron chi connectivity index (χ0n) is 12.1. The Labute approximate surface area is 125 Å². The maximum Gasteiger partial charge on any atom is 0.389 e. The van der Waals surface area contributed by atoms with Gasteiger partial charge in [-0.3, -0.25) is 0 Å². The average Bonchev–Trinajstić information content (AvgIpc) is 2.83. The molecule has 0 aliphatic rings. The van der Waals surface area contributed by atoms with Crippen molar-refractivity contribution in [1.29, 1.82) is 0 Å². The summed E-state index contributed by atoms with van der Waals surface area (Å²) in [4.78, 5) is 0. The molecule has 0 radical (unpaired) electrons. The molecular formula is C15H16F4N2O. The fourth-order valence-corrected chi connectivity index (χ4v) is 2.15. The summed E-state index contributed by atoms with van der Waals surface area (Å²) in [5.74, 6) is 0.478. The van der Waals surface area contributed by atoms with Crippen LogP contribution in [-0.4, -0.2) is 16.4 Å². The predicted molar refractivity (Wildman–Crippen MR) is 71.8 cm³/mol. The Balaban J connectivity index is 1.94. The van der Waals surface area contributed by atoms with Crippen LogP contribution in [0.4, 0.5) is 17.6 Å². The number of alkyl halides is 3. The van der Waals surface area contributed by atoms with Crippen LogP contribution in [0.15, 0.2) is 22.6 Å². The van der Waals surface area contributed by atoms with E-state index < -0.39 is 12.6 Å². The highest BCUT2D eigenvalue weighted by Gasteiger charge is 2.25. The van der Waals surface area contributed by atoms with E-state index in [1.54, 1.807) is 13.0 Å². The van der Waals surface area contributed by atoms with Gasteiger partial charge in [0.05, 0.1) is 0 Å². The van der Waals surface area contributed by atoms with Crippen LogP contribution in [0, 0.1) is 12.7 Å². The second-order valence-electron chi connectivity index (χ2n) is 5.11. The first-order chi connectivity index (χ1) is 10.3. The summed E-state index contributed by atoms with van der Waals surface area (Å²) in [7, 11) is 0. The highest BCUT2D eigenvalue weighted by molar-refractivity contribution is 5.25. The largest absolute Gasteiger partial charge is 0.426 e. The summed E-state index contributed by atoms with van der Waals surface area (Å²) >= 11 is 0. The minimum atomic E-state index is -4.15. The van der Waals surface area contributed by atoms with Crippen LogP contribution in [0.3, 0.4) is 0 Å². The van der Waals surface area contributed by atoms with E-state index in [1.807, 2.05) is 0 Å². The van der Waals surface area contributed by atoms with E-state index in [1.165, 1.54) is 12.1 Å². The number of aromatic nitrogens is 2. The summed E-state index contributed by atoms with van der Waals surface area (Å²) in [6, 6.07) is 4.41. The first kappa shape index (κ1) is 16.5. The Bertz CT molecular complexity index is 622. The Kier molecular flexibility index (Phi) is 5.15. The quantitative estimate of drug-likeness (QED) is 0.750. The van der Waals surface area contributed by atoms with Gasteiger partial charge in [-0.15, -0.1) is 10.2 Å². The van der Waals surface area contributed by atoms with Gasteiger partial charge in [0.2, 0.25) is 11.8 Å². The van der Waals surface area contributed by atoms with Crippen LogP contribution in [0.5, 0.6) is 0 Å². The highest BCUT2D eigenvalue weighted by Crippen LogP contribution is 2.23. The molecule has 120 valence electrons. The lowest BCUT2D eigenvalue weighted by molar-refractivity contribution is -0.135. The zero-order chi connectivity index (χ0) is 16.2. The molecule has 0 saturated carbocycles. The van der Waals surface area contributed by atoms with Gasteiger partial charge >= 0.3 is 6.18 Å². The monoisotopic (exact) mass is 316 g/mol. The normalized spacial score (nSPS) is 11.9. The van der Waals surface area contributed by atoms with E-state index in [0.717, 1.165) is 0 Å². The molecule has 0 bridgehead atoms. The van der Waals surface area contributed by atoms with Gasteiger partial charge in [-0.2, -0.15) is 13.2 Å². The summed E-state index contributed by atoms with van der Waals surface area (Å²) in [5.41, 5.74) is 1.14. The van der Waals surface area contributed by atoms with Crippen molar-refractivity contribution in [3.05, 3.63) is 46.9 Å². The predicted octanol–water partition coefficient (Wildman–Crippen LogP) is 4.19. The van der Waals surface area contributed by atoms with Gasteiger partial charge in [-0.05, 0) is 36.5 Å². The van der Waals surface area contributed by atoms with Crippen molar-refractivity contribution in [2.45, 2.75) is 45.2 Å². The van der Waals surface area contributed by atoms with Crippen molar-refractivity contribution in [1.82, 2.24) is 10.2 Å². The molecule has 0 spiro atoms. The molecule has 0 aliphatic carbocycles. The lowest BCUT2D eigenvalue weighted by Gasteiger charge is -2.08. The van der Waals surface area contributed by atoms with E-state index in [4.69, 9.17) is 4.42 Å². The second-order valence-corrected chi connectivity index (χ2v) is 5.11. The van der Waals surface area contributed by atoms with Gasteiger partial charge in [0.1, 0.15) is 5.82 Å². The van der Waals surface area contributed by atoms with Crippen molar-refractivity contribution < 1.29 is 22.0 Å². The highest BCUT2D eigenvalue weighted by atomic mass is 19.4. The second kappa shape index (κ2) is 6.89. The van der Waals surface area contributed by atoms with Gasteiger partial charge in [0.25, 0.3) is 0 Å². The number of hydrogen-bond acceptors (Lipinski definition) is 3. The van der Waals surface area contributed by atoms with Crippen LogP contribution in [0.25, 0.3) is 0 Å². The Morgan fingerprint density at radius 2 is 1.86 bits per heavy atom. The smallest absolute Gasteiger partial charge is 0.389 e. The van der Waals surface area contributed by atoms with Gasteiger partial charge in [0, 0.05) is 19.8 Å². The topological polar surface area (TPSA) is 38.9 Å². The minimum absolute atomic E-state index is 0.00255. The standard InChI is InChI=1S/C15H16F4N2O/c1-10-20-21-14(22-10)7-5-12-9-11(4-6-13(12)16)3-2-8-15(17,18)19/h4,6,9H,2-3,5,7-8H2,1H3. The minimum Gasteiger partial charge on any atom is -0.426 e. The molecule has 0 fully saturated rings. The van der Waals surface area contributed by atoms with E-state index in [2.05, 4.69) is 10.2 Å². The number of rotatable bonds is 6. The molecule has 2 rings (SSSR count). The Hall–Kier alpha value is -1.92. The molecule has 0 atom stereocenters. The van der Waals surface area contributed by atoms with Crippen LogP contribution in [0.1, 0.15) is 35.7 Å². The maximum atomic E-state index is 13.7. The van der Waals surface area contributed by atoms with Gasteiger partial charge < -0.3 is 4.42 Å². The average molecular weight is 316 g/mol. The lowest BCUT2D eigenvalue weighted by atomic mass is 10.0. The van der Waals surface area contributed by atoms with E-state index in [9.17, 15) is 17.6 Å². The fourth-order valence-electron chi connectivity index (χ4n) is 2.15. The molecule has 0 saturated heterocycles. The lowest BCUT2D eigenvalue weighted by Crippen LogP contribution is -2.07. The molecule has 1 aromatic heterocycles. The molecule has 1 aromatic carbocycles. The third kappa shape index (κ3) is 5.13. The van der Waals surface area contributed by atoms with Crippen LogP contribution in [0.2, 0.25) is 0 Å². The Morgan fingerprint density at radius 3 is 2.50 bits per heavy atom. The van der Waals surface area contributed by atoms with E-state index in [-0.39, 0.29) is 18.7 Å². The molecule has 0 aliphatic heterocycles. The summed E-state index contributed by atoms with van der Waals surface area (Å²) in [6.07, 6.45) is -3.96. The Morgan fingerprint density at radius 1 is 1.09 bits per heavy atom. The van der Waals surface area contributed by atoms with Gasteiger partial charge in [-0.25, -0.2) is 4.39 Å². The van der Waals surface area contributed by atoms with Crippen LogP contribution in [-0.2, 0) is 19.3 Å². The molecule has 1 heterocycles. The maximum absolute atomic E-state index is 13.7. The van der Waals surface area contributed by atoms with Gasteiger partial charge in [-0.1, -0.05) is 12.1 Å². The van der Waals surface area contributed by atoms with Crippen LogP contribution < -0.4 is 0 Å². The van der Waals surface area contributed by atoms with Crippen molar-refractivity contribution in [2.75, 3.05) is 0 Å². The number of benzene rings is 1. The number of halogens is 4. The van der Waals surface area contributed by atoms with Gasteiger partial charge in [0.15, 0.2) is 0 Å². The van der Waals surface area contributed by atoms with Crippen molar-refractivity contribution in [3.8, 4) is 0 Å². The molecule has 0 amide bonds. The van der Waals surface area contributed by atoms with E-state index >= 15 is 0 Å². The zero-order valence-corrected chi connectivity index (χ0v) is 12.1. The molecular weight excluding hydrogens is 300 g/mol. The SMILES string of the molecule is Cc1nnc(CCc2cc(CCCC(F)(F)F)ccc2F)o1. The third-order valence-corrected chi connectivity index (χ3v) is 3.21. The molecule has 2 aromatic rings. The van der Waals surface area contributed by atoms with E-state index in [0.29, 0.717) is 35.7 Å². The van der Waals surface area contributed by atoms with Crippen LogP contribution >= 0.6 is 0 Å². The number of aryl methyl sites for hydroxylation is 4. The molecule has 0 unspecified atom stereocenters. The first-order valence-electron chi connectivity index (χ1n) is 6.96. The van der Waals surface area contributed by atoms with Crippen molar-refractivity contribution >= 4 is 0 Å². The molecule has 7 heteroatoms. The fraction of sp³-hybridized carbons (Fsp3) is 0.467. The number of nitrogens with zero attached hydrogens (tertiary/aromatic N) is 2. The number of hydrogen-bond donors (Lipinski definition) is 0. The van der Waals surface area contributed by atoms with Crippen molar-refractivity contribution in [3.63, 3.8) is 0 Å². The molecule has 22 heavy (non-hydrogen) atoms. The molecule has 0 N–H and O–H groups in total. The third-order valence-electron chi connectivity index (χ3n) is 3.21. The summed E-state index contributed by atoms with van der Waals surface area (Å²) in [6.45, 7) is 1.67. The summed E-state index contributed by atoms with van der Waals surface area (Å²) < 4.78 is 55.3. The summed E-state index contributed by atoms with van der Waals surface area (Å²) in [5, 5.41) is 7.51. The molecule has 3 nitrogen and oxygen atoms in total. The first-order valence-corrected chi connectivity index (χ1v) is 6.96. The van der Waals surface area contributed by atoms with Crippen molar-refractivity contribution in [2.24, 2.45) is 0 Å².